The molecule has 2 aliphatic carbocycles. The highest BCUT2D eigenvalue weighted by molar-refractivity contribution is 7.89. The Kier molecular flexibility index (Phi) is 3.93. The first-order valence-electron chi connectivity index (χ1n) is 7.39. The number of benzene rings is 1. The second kappa shape index (κ2) is 5.45. The van der Waals surface area contributed by atoms with E-state index in [0.717, 1.165) is 12.3 Å². The Morgan fingerprint density at radius 3 is 2.71 bits per heavy atom. The van der Waals surface area contributed by atoms with E-state index in [4.69, 9.17) is 17.3 Å². The molecule has 6 heteroatoms. The molecule has 21 heavy (non-hydrogen) atoms. The fourth-order valence-corrected chi connectivity index (χ4v) is 5.65. The highest BCUT2D eigenvalue weighted by Gasteiger charge is 2.41. The number of nitrogen functional groups attached to an aromatic ring is 1. The molecule has 0 radical (unpaired) electrons. The van der Waals surface area contributed by atoms with Crippen LogP contribution in [0.2, 0.25) is 5.02 Å². The fourth-order valence-electron chi connectivity index (χ4n) is 3.91. The lowest BCUT2D eigenvalue weighted by Crippen LogP contribution is -2.34. The smallest absolute Gasteiger partial charge is 0.244 e. The third-order valence-corrected chi connectivity index (χ3v) is 7.32. The summed E-state index contributed by atoms with van der Waals surface area (Å²) in [6.45, 7) is 0.578. The molecule has 1 aromatic rings. The number of halogens is 1. The van der Waals surface area contributed by atoms with Crippen LogP contribution >= 0.6 is 11.6 Å². The Balaban J connectivity index is 1.79. The average Bonchev–Trinajstić information content (AvgIpc) is 3.03. The summed E-state index contributed by atoms with van der Waals surface area (Å²) in [7, 11) is -1.94. The number of fused-ring (bicyclic) bond motifs is 2. The van der Waals surface area contributed by atoms with Crippen LogP contribution < -0.4 is 5.73 Å². The van der Waals surface area contributed by atoms with Crippen LogP contribution in [0.5, 0.6) is 0 Å². The molecule has 0 heterocycles. The number of nitrogens with zero attached hydrogens (tertiary/aromatic N) is 1. The molecule has 0 amide bonds. The number of nitrogens with two attached hydrogens (primary N) is 1. The van der Waals surface area contributed by atoms with Crippen molar-refractivity contribution in [2.45, 2.75) is 30.6 Å². The van der Waals surface area contributed by atoms with E-state index in [-0.39, 0.29) is 9.92 Å². The van der Waals surface area contributed by atoms with Crippen molar-refractivity contribution in [2.75, 3.05) is 19.3 Å². The van der Waals surface area contributed by atoms with Crippen molar-refractivity contribution in [1.29, 1.82) is 0 Å². The maximum Gasteiger partial charge on any atom is 0.244 e. The van der Waals surface area contributed by atoms with E-state index in [2.05, 4.69) is 0 Å². The monoisotopic (exact) mass is 328 g/mol. The second-order valence-corrected chi connectivity index (χ2v) is 8.83. The van der Waals surface area contributed by atoms with E-state index in [0.29, 0.717) is 24.1 Å². The van der Waals surface area contributed by atoms with Gasteiger partial charge in [-0.3, -0.25) is 0 Å². The van der Waals surface area contributed by atoms with Crippen LogP contribution in [-0.4, -0.2) is 26.3 Å². The van der Waals surface area contributed by atoms with Crippen molar-refractivity contribution in [3.8, 4) is 0 Å². The van der Waals surface area contributed by atoms with E-state index in [1.165, 1.54) is 35.7 Å². The van der Waals surface area contributed by atoms with Gasteiger partial charge in [0.25, 0.3) is 0 Å². The molecular formula is C15H21ClN2O2S. The average molecular weight is 329 g/mol. The van der Waals surface area contributed by atoms with Crippen molar-refractivity contribution < 1.29 is 8.42 Å². The van der Waals surface area contributed by atoms with Gasteiger partial charge in [0, 0.05) is 19.3 Å². The quantitative estimate of drug-likeness (QED) is 0.864. The highest BCUT2D eigenvalue weighted by atomic mass is 35.5. The molecule has 0 aliphatic heterocycles. The number of hydrogen-bond donors (Lipinski definition) is 1. The van der Waals surface area contributed by atoms with Crippen LogP contribution in [0.25, 0.3) is 0 Å². The summed E-state index contributed by atoms with van der Waals surface area (Å²) >= 11 is 6.04. The van der Waals surface area contributed by atoms with Gasteiger partial charge in [0.1, 0.15) is 4.90 Å². The van der Waals surface area contributed by atoms with Gasteiger partial charge in [-0.05, 0) is 55.2 Å². The molecule has 4 nitrogen and oxygen atoms in total. The van der Waals surface area contributed by atoms with Gasteiger partial charge in [0.2, 0.25) is 10.0 Å². The Labute approximate surface area is 131 Å². The molecule has 0 saturated heterocycles. The van der Waals surface area contributed by atoms with Crippen LogP contribution in [0.15, 0.2) is 23.1 Å². The summed E-state index contributed by atoms with van der Waals surface area (Å²) in [6.07, 6.45) is 5.01. The van der Waals surface area contributed by atoms with Crippen molar-refractivity contribution in [1.82, 2.24) is 4.31 Å². The van der Waals surface area contributed by atoms with Gasteiger partial charge >= 0.3 is 0 Å². The van der Waals surface area contributed by atoms with Gasteiger partial charge in [-0.25, -0.2) is 12.7 Å². The minimum atomic E-state index is -3.58. The molecule has 2 saturated carbocycles. The lowest BCUT2D eigenvalue weighted by Gasteiger charge is -2.27. The van der Waals surface area contributed by atoms with Crippen LogP contribution in [-0.2, 0) is 10.0 Å². The van der Waals surface area contributed by atoms with Crippen molar-refractivity contribution in [3.05, 3.63) is 23.2 Å². The van der Waals surface area contributed by atoms with E-state index in [1.807, 2.05) is 0 Å². The molecule has 2 bridgehead atoms. The summed E-state index contributed by atoms with van der Waals surface area (Å²) in [5.41, 5.74) is 6.10. The second-order valence-electron chi connectivity index (χ2n) is 6.41. The summed E-state index contributed by atoms with van der Waals surface area (Å²) in [6, 6.07) is 4.58. The normalized spacial score (nSPS) is 28.4. The first kappa shape index (κ1) is 15.1. The van der Waals surface area contributed by atoms with Crippen molar-refractivity contribution in [3.63, 3.8) is 0 Å². The summed E-state index contributed by atoms with van der Waals surface area (Å²) < 4.78 is 26.8. The maximum absolute atomic E-state index is 12.7. The number of sulfonamides is 1. The van der Waals surface area contributed by atoms with Gasteiger partial charge in [0.15, 0.2) is 0 Å². The predicted molar refractivity (Wildman–Crippen MR) is 84.6 cm³/mol. The molecule has 1 aromatic carbocycles. The van der Waals surface area contributed by atoms with Crippen LogP contribution in [0, 0.1) is 17.8 Å². The minimum absolute atomic E-state index is 0.106. The van der Waals surface area contributed by atoms with E-state index in [9.17, 15) is 8.42 Å². The standard InChI is InChI=1S/C15H21ClN2O2S/c1-18(9-12-7-10-2-3-11(12)6-10)21(19,20)15-8-13(17)4-5-14(15)16/h4-5,8,10-12H,2-3,6-7,9,17H2,1H3. The first-order valence-corrected chi connectivity index (χ1v) is 9.21. The number of rotatable bonds is 4. The van der Waals surface area contributed by atoms with Crippen LogP contribution in [0.3, 0.4) is 0 Å². The topological polar surface area (TPSA) is 63.4 Å². The van der Waals surface area contributed by atoms with E-state index in [1.54, 1.807) is 13.1 Å². The van der Waals surface area contributed by atoms with Gasteiger partial charge in [0.05, 0.1) is 5.02 Å². The Morgan fingerprint density at radius 2 is 2.10 bits per heavy atom. The van der Waals surface area contributed by atoms with Gasteiger partial charge in [-0.2, -0.15) is 0 Å². The number of anilines is 1. The van der Waals surface area contributed by atoms with Gasteiger partial charge in [-0.1, -0.05) is 18.0 Å². The zero-order valence-electron chi connectivity index (χ0n) is 12.1. The number of hydrogen-bond acceptors (Lipinski definition) is 3. The molecule has 3 rings (SSSR count). The minimum Gasteiger partial charge on any atom is -0.399 e. The summed E-state index contributed by atoms with van der Waals surface area (Å²) in [5.74, 6) is 2.00. The zero-order chi connectivity index (χ0) is 15.2. The van der Waals surface area contributed by atoms with Crippen LogP contribution in [0.1, 0.15) is 25.7 Å². The zero-order valence-corrected chi connectivity index (χ0v) is 13.7. The SMILES string of the molecule is CN(CC1CC2CCC1C2)S(=O)(=O)c1cc(N)ccc1Cl. The predicted octanol–water partition coefficient (Wildman–Crippen LogP) is 2.98. The largest absolute Gasteiger partial charge is 0.399 e. The Hall–Kier alpha value is -0.780. The van der Waals surface area contributed by atoms with Crippen molar-refractivity contribution in [2.24, 2.45) is 17.8 Å². The molecule has 0 aromatic heterocycles. The molecule has 0 spiro atoms. The molecule has 2 fully saturated rings. The van der Waals surface area contributed by atoms with Crippen molar-refractivity contribution >= 4 is 27.3 Å². The maximum atomic E-state index is 12.7. The molecule has 2 N–H and O–H groups in total. The third kappa shape index (κ3) is 2.79. The Bertz CT molecular complexity index is 647. The van der Waals surface area contributed by atoms with Crippen LogP contribution in [0.4, 0.5) is 5.69 Å². The first-order chi connectivity index (χ1) is 9.88. The van der Waals surface area contributed by atoms with Gasteiger partial charge in [-0.15, -0.1) is 0 Å². The fraction of sp³-hybridized carbons (Fsp3) is 0.600. The van der Waals surface area contributed by atoms with E-state index < -0.39 is 10.0 Å². The summed E-state index contributed by atoms with van der Waals surface area (Å²) in [4.78, 5) is 0.106. The molecule has 2 aliphatic rings. The molecular weight excluding hydrogens is 308 g/mol. The lowest BCUT2D eigenvalue weighted by molar-refractivity contribution is 0.280. The highest BCUT2D eigenvalue weighted by Crippen LogP contribution is 2.48. The van der Waals surface area contributed by atoms with Gasteiger partial charge < -0.3 is 5.73 Å². The Morgan fingerprint density at radius 1 is 1.33 bits per heavy atom. The molecule has 3 atom stereocenters. The van der Waals surface area contributed by atoms with E-state index >= 15 is 0 Å². The summed E-state index contributed by atoms with van der Waals surface area (Å²) in [5, 5.41) is 0.226. The lowest BCUT2D eigenvalue weighted by atomic mass is 9.89. The molecule has 3 unspecified atom stereocenters. The third-order valence-electron chi connectivity index (χ3n) is 5.02. The molecule has 116 valence electrons.